The molecule has 0 N–H and O–H groups in total. The first-order valence-corrected chi connectivity index (χ1v) is 14.6. The van der Waals surface area contributed by atoms with Crippen molar-refractivity contribution in [3.8, 4) is 5.75 Å². The molecule has 0 saturated carbocycles. The first-order valence-electron chi connectivity index (χ1n) is 12.3. The highest BCUT2D eigenvalue weighted by atomic mass is 35.5. The summed E-state index contributed by atoms with van der Waals surface area (Å²) in [7, 11) is 1.72. The third-order valence-corrected chi connectivity index (χ3v) is 8.84. The molecule has 8 nitrogen and oxygen atoms in total. The van der Waals surface area contributed by atoms with Crippen molar-refractivity contribution in [2.24, 2.45) is 0 Å². The monoisotopic (exact) mass is 588 g/mol. The highest BCUT2D eigenvalue weighted by Gasteiger charge is 2.24. The molecule has 0 atom stereocenters. The number of halogens is 1. The number of carbonyl (C=O) groups is 1. The maximum absolute atomic E-state index is 13.7. The molecule has 3 aromatic carbocycles. The lowest BCUT2D eigenvalue weighted by atomic mass is 10.2. The predicted octanol–water partition coefficient (Wildman–Crippen LogP) is 5.54. The van der Waals surface area contributed by atoms with Crippen LogP contribution in [0.3, 0.4) is 0 Å². The lowest BCUT2D eigenvalue weighted by molar-refractivity contribution is 0.0986. The van der Waals surface area contributed by atoms with Crippen LogP contribution in [0.25, 0.3) is 10.2 Å². The SMILES string of the molecule is CCOc1ccc2nc(N(CCCN(C)C)C(=O)c3ccc(S(=O)(=O)N(C)c4ccccc4)cc3)sc2c1.Cl. The van der Waals surface area contributed by atoms with Crippen LogP contribution in [0.15, 0.2) is 77.7 Å². The molecule has 39 heavy (non-hydrogen) atoms. The number of sulfonamides is 1. The second-order valence-corrected chi connectivity index (χ2v) is 12.0. The van der Waals surface area contributed by atoms with Crippen LogP contribution in [0.4, 0.5) is 10.8 Å². The van der Waals surface area contributed by atoms with Gasteiger partial charge in [0.1, 0.15) is 5.75 Å². The zero-order valence-corrected chi connectivity index (χ0v) is 24.9. The van der Waals surface area contributed by atoms with Crippen LogP contribution in [0, 0.1) is 0 Å². The molecule has 208 valence electrons. The van der Waals surface area contributed by atoms with Gasteiger partial charge in [-0.25, -0.2) is 13.4 Å². The largest absolute Gasteiger partial charge is 0.494 e. The lowest BCUT2D eigenvalue weighted by Crippen LogP contribution is -2.33. The Morgan fingerprint density at radius 1 is 0.949 bits per heavy atom. The molecule has 0 aliphatic rings. The summed E-state index contributed by atoms with van der Waals surface area (Å²) < 4.78 is 34.1. The molecule has 0 spiro atoms. The van der Waals surface area contributed by atoms with E-state index in [1.165, 1.54) is 34.8 Å². The highest BCUT2D eigenvalue weighted by Crippen LogP contribution is 2.32. The Hall–Kier alpha value is -3.18. The Bertz CT molecular complexity index is 1490. The molecule has 1 amide bonds. The second-order valence-electron chi connectivity index (χ2n) is 9.01. The van der Waals surface area contributed by atoms with E-state index in [0.29, 0.717) is 29.5 Å². The van der Waals surface area contributed by atoms with Gasteiger partial charge in [-0.05, 0) is 88.6 Å². The van der Waals surface area contributed by atoms with Crippen molar-refractivity contribution in [1.82, 2.24) is 9.88 Å². The van der Waals surface area contributed by atoms with Gasteiger partial charge < -0.3 is 9.64 Å². The minimum atomic E-state index is -3.78. The van der Waals surface area contributed by atoms with Gasteiger partial charge in [-0.2, -0.15) is 0 Å². The number of benzene rings is 3. The summed E-state index contributed by atoms with van der Waals surface area (Å²) in [5, 5.41) is 0.595. The van der Waals surface area contributed by atoms with Crippen molar-refractivity contribution >= 4 is 60.7 Å². The van der Waals surface area contributed by atoms with E-state index < -0.39 is 10.0 Å². The number of hydrogen-bond donors (Lipinski definition) is 0. The van der Waals surface area contributed by atoms with Crippen LogP contribution in [0.5, 0.6) is 5.75 Å². The van der Waals surface area contributed by atoms with Crippen molar-refractivity contribution in [2.45, 2.75) is 18.2 Å². The molecule has 4 rings (SSSR count). The first-order chi connectivity index (χ1) is 18.2. The van der Waals surface area contributed by atoms with E-state index in [-0.39, 0.29) is 23.2 Å². The molecule has 0 fully saturated rings. The summed E-state index contributed by atoms with van der Waals surface area (Å²) in [6.07, 6.45) is 0.757. The third-order valence-electron chi connectivity index (χ3n) is 6.00. The molecule has 1 aromatic heterocycles. The van der Waals surface area contributed by atoms with Crippen LogP contribution in [0.1, 0.15) is 23.7 Å². The van der Waals surface area contributed by atoms with Gasteiger partial charge in [0, 0.05) is 19.2 Å². The molecule has 0 radical (unpaired) electrons. The van der Waals surface area contributed by atoms with Crippen LogP contribution in [-0.2, 0) is 10.0 Å². The van der Waals surface area contributed by atoms with Crippen LogP contribution in [0.2, 0.25) is 0 Å². The van der Waals surface area contributed by atoms with E-state index >= 15 is 0 Å². The molecule has 4 aromatic rings. The number of aromatic nitrogens is 1. The number of rotatable bonds is 11. The average molecular weight is 589 g/mol. The number of thiazole rings is 1. The number of ether oxygens (including phenoxy) is 1. The van der Waals surface area contributed by atoms with Crippen LogP contribution >= 0.6 is 23.7 Å². The zero-order chi connectivity index (χ0) is 27.3. The summed E-state index contributed by atoms with van der Waals surface area (Å²) in [4.78, 5) is 22.3. The van der Waals surface area contributed by atoms with Crippen molar-refractivity contribution in [1.29, 1.82) is 0 Å². The Labute approximate surface area is 240 Å². The van der Waals surface area contributed by atoms with Gasteiger partial charge in [-0.15, -0.1) is 12.4 Å². The summed E-state index contributed by atoms with van der Waals surface area (Å²) in [6, 6.07) is 20.7. The molecule has 11 heteroatoms. The van der Waals surface area contributed by atoms with Gasteiger partial charge in [0.15, 0.2) is 5.13 Å². The number of hydrogen-bond acceptors (Lipinski definition) is 7. The third kappa shape index (κ3) is 7.07. The van der Waals surface area contributed by atoms with Gasteiger partial charge in [-0.3, -0.25) is 14.0 Å². The summed E-state index contributed by atoms with van der Waals surface area (Å²) in [6.45, 7) is 3.79. The molecular formula is C28H33ClN4O4S2. The topological polar surface area (TPSA) is 83.0 Å². The fourth-order valence-corrected chi connectivity index (χ4v) is 6.17. The second kappa shape index (κ2) is 13.3. The minimum absolute atomic E-state index is 0. The first kappa shape index (κ1) is 30.4. The number of para-hydroxylation sites is 1. The van der Waals surface area contributed by atoms with Crippen LogP contribution in [-0.4, -0.2) is 65.0 Å². The van der Waals surface area contributed by atoms with E-state index in [1.54, 1.807) is 41.3 Å². The van der Waals surface area contributed by atoms with Crippen molar-refractivity contribution in [3.63, 3.8) is 0 Å². The Kier molecular flexibility index (Phi) is 10.3. The van der Waals surface area contributed by atoms with Crippen molar-refractivity contribution < 1.29 is 17.9 Å². The maximum Gasteiger partial charge on any atom is 0.264 e. The molecule has 1 heterocycles. The number of carbonyl (C=O) groups excluding carboxylic acids is 1. The van der Waals surface area contributed by atoms with Crippen molar-refractivity contribution in [2.75, 3.05) is 50.0 Å². The van der Waals surface area contributed by atoms with E-state index in [0.717, 1.165) is 28.9 Å². The maximum atomic E-state index is 13.7. The fourth-order valence-electron chi connectivity index (χ4n) is 3.95. The smallest absolute Gasteiger partial charge is 0.264 e. The van der Waals surface area contributed by atoms with Crippen LogP contribution < -0.4 is 13.9 Å². The summed E-state index contributed by atoms with van der Waals surface area (Å²) >= 11 is 1.43. The van der Waals surface area contributed by atoms with E-state index in [2.05, 4.69) is 4.90 Å². The summed E-state index contributed by atoms with van der Waals surface area (Å²) in [5.41, 5.74) is 1.75. The average Bonchev–Trinajstić information content (AvgIpc) is 3.34. The Morgan fingerprint density at radius 2 is 1.64 bits per heavy atom. The van der Waals surface area contributed by atoms with E-state index in [1.807, 2.05) is 45.3 Å². The predicted molar refractivity (Wildman–Crippen MR) is 161 cm³/mol. The van der Waals surface area contributed by atoms with E-state index in [4.69, 9.17) is 9.72 Å². The molecule has 0 aliphatic carbocycles. The molecule has 0 unspecified atom stereocenters. The van der Waals surface area contributed by atoms with Gasteiger partial charge in [-0.1, -0.05) is 29.5 Å². The minimum Gasteiger partial charge on any atom is -0.494 e. The highest BCUT2D eigenvalue weighted by molar-refractivity contribution is 7.92. The quantitative estimate of drug-likeness (QED) is 0.229. The molecular weight excluding hydrogens is 556 g/mol. The zero-order valence-electron chi connectivity index (χ0n) is 22.4. The Balaban J connectivity index is 0.00000420. The number of nitrogens with zero attached hydrogens (tertiary/aromatic N) is 4. The Morgan fingerprint density at radius 3 is 2.28 bits per heavy atom. The summed E-state index contributed by atoms with van der Waals surface area (Å²) in [5.74, 6) is 0.533. The van der Waals surface area contributed by atoms with Gasteiger partial charge >= 0.3 is 0 Å². The number of anilines is 2. The molecule has 0 aliphatic heterocycles. The molecule has 0 bridgehead atoms. The lowest BCUT2D eigenvalue weighted by Gasteiger charge is -2.22. The fraction of sp³-hybridized carbons (Fsp3) is 0.286. The molecule has 0 saturated heterocycles. The standard InChI is InChI=1S/C28H32N4O4S2.ClH/c1-5-36-23-14-17-25-26(20-23)37-28(29-25)32(19-9-18-30(2)3)27(33)21-12-15-24(16-13-21)38(34,35)31(4)22-10-7-6-8-11-22;/h6-8,10-17,20H,5,9,18-19H2,1-4H3;1H. The number of amides is 1. The van der Waals surface area contributed by atoms with Gasteiger partial charge in [0.2, 0.25) is 0 Å². The normalized spacial score (nSPS) is 11.3. The number of fused-ring (bicyclic) bond motifs is 1. The van der Waals surface area contributed by atoms with Crippen molar-refractivity contribution in [3.05, 3.63) is 78.4 Å². The van der Waals surface area contributed by atoms with E-state index in [9.17, 15) is 13.2 Å². The van der Waals surface area contributed by atoms with Gasteiger partial charge in [0.25, 0.3) is 15.9 Å². The van der Waals surface area contributed by atoms with Gasteiger partial charge in [0.05, 0.1) is 27.4 Å².